The lowest BCUT2D eigenvalue weighted by molar-refractivity contribution is 0.414. The number of anilines is 1. The van der Waals surface area contributed by atoms with Crippen molar-refractivity contribution in [3.8, 4) is 5.75 Å². The molecule has 0 spiro atoms. The van der Waals surface area contributed by atoms with Gasteiger partial charge in [-0.2, -0.15) is 0 Å². The van der Waals surface area contributed by atoms with Gasteiger partial charge in [0, 0.05) is 22.8 Å². The van der Waals surface area contributed by atoms with Crippen LogP contribution in [-0.4, -0.2) is 13.7 Å². The van der Waals surface area contributed by atoms with Crippen LogP contribution in [-0.2, 0) is 6.42 Å². The van der Waals surface area contributed by atoms with E-state index in [0.717, 1.165) is 23.2 Å². The zero-order valence-electron chi connectivity index (χ0n) is 7.56. The molecule has 1 heterocycles. The van der Waals surface area contributed by atoms with E-state index >= 15 is 0 Å². The Morgan fingerprint density at radius 1 is 1.46 bits per heavy atom. The van der Waals surface area contributed by atoms with Gasteiger partial charge >= 0.3 is 0 Å². The molecule has 0 aromatic heterocycles. The molecule has 70 valence electrons. The standard InChI is InChI=1S/C10H12BrNO/c1-13-7-5-9(11)8-3-2-4-12-10(8)6-7/h5-6,12H,2-4H2,1H3. The number of ether oxygens (including phenoxy) is 1. The predicted molar refractivity (Wildman–Crippen MR) is 57.5 cm³/mol. The molecule has 1 aliphatic heterocycles. The molecule has 0 aliphatic carbocycles. The van der Waals surface area contributed by atoms with E-state index in [4.69, 9.17) is 4.74 Å². The summed E-state index contributed by atoms with van der Waals surface area (Å²) in [6, 6.07) is 4.07. The summed E-state index contributed by atoms with van der Waals surface area (Å²) in [6.45, 7) is 1.06. The monoisotopic (exact) mass is 241 g/mol. The van der Waals surface area contributed by atoms with Crippen LogP contribution in [0.5, 0.6) is 5.75 Å². The van der Waals surface area contributed by atoms with Crippen molar-refractivity contribution in [2.45, 2.75) is 12.8 Å². The maximum absolute atomic E-state index is 5.19. The van der Waals surface area contributed by atoms with Crippen molar-refractivity contribution >= 4 is 21.6 Å². The fourth-order valence-corrected chi connectivity index (χ4v) is 2.27. The van der Waals surface area contributed by atoms with Crippen molar-refractivity contribution < 1.29 is 4.74 Å². The highest BCUT2D eigenvalue weighted by Crippen LogP contribution is 2.33. The minimum Gasteiger partial charge on any atom is -0.497 e. The molecular weight excluding hydrogens is 230 g/mol. The SMILES string of the molecule is COc1cc(Br)c2c(c1)NCCC2. The van der Waals surface area contributed by atoms with Crippen molar-refractivity contribution in [1.82, 2.24) is 0 Å². The number of fused-ring (bicyclic) bond motifs is 1. The zero-order chi connectivity index (χ0) is 9.26. The molecule has 1 aliphatic rings. The average molecular weight is 242 g/mol. The van der Waals surface area contributed by atoms with Crippen molar-refractivity contribution in [3.05, 3.63) is 22.2 Å². The third-order valence-corrected chi connectivity index (χ3v) is 3.03. The number of hydrogen-bond donors (Lipinski definition) is 1. The lowest BCUT2D eigenvalue weighted by Gasteiger charge is -2.20. The molecule has 0 saturated carbocycles. The maximum Gasteiger partial charge on any atom is 0.122 e. The average Bonchev–Trinajstić information content (AvgIpc) is 2.18. The van der Waals surface area contributed by atoms with Crippen LogP contribution in [0.15, 0.2) is 16.6 Å². The normalized spacial score (nSPS) is 14.6. The van der Waals surface area contributed by atoms with E-state index in [1.165, 1.54) is 17.7 Å². The van der Waals surface area contributed by atoms with Gasteiger partial charge in [-0.05, 0) is 24.5 Å². The zero-order valence-corrected chi connectivity index (χ0v) is 9.15. The van der Waals surface area contributed by atoms with Gasteiger partial charge in [-0.15, -0.1) is 0 Å². The molecule has 0 amide bonds. The quantitative estimate of drug-likeness (QED) is 0.817. The predicted octanol–water partition coefficient (Wildman–Crippen LogP) is 2.82. The summed E-state index contributed by atoms with van der Waals surface area (Å²) in [7, 11) is 1.69. The van der Waals surface area contributed by atoms with Gasteiger partial charge in [-0.3, -0.25) is 0 Å². The maximum atomic E-state index is 5.19. The number of methoxy groups -OCH3 is 1. The minimum absolute atomic E-state index is 0.903. The number of hydrogen-bond acceptors (Lipinski definition) is 2. The van der Waals surface area contributed by atoms with Crippen molar-refractivity contribution in [3.63, 3.8) is 0 Å². The number of nitrogens with one attached hydrogen (secondary N) is 1. The molecule has 13 heavy (non-hydrogen) atoms. The highest BCUT2D eigenvalue weighted by molar-refractivity contribution is 9.10. The topological polar surface area (TPSA) is 21.3 Å². The summed E-state index contributed by atoms with van der Waals surface area (Å²) >= 11 is 3.55. The lowest BCUT2D eigenvalue weighted by Crippen LogP contribution is -2.12. The van der Waals surface area contributed by atoms with E-state index in [1.807, 2.05) is 6.07 Å². The highest BCUT2D eigenvalue weighted by atomic mass is 79.9. The first-order chi connectivity index (χ1) is 6.31. The molecule has 0 unspecified atom stereocenters. The van der Waals surface area contributed by atoms with Crippen LogP contribution >= 0.6 is 15.9 Å². The van der Waals surface area contributed by atoms with Crippen molar-refractivity contribution in [1.29, 1.82) is 0 Å². The van der Waals surface area contributed by atoms with Gasteiger partial charge in [0.15, 0.2) is 0 Å². The first-order valence-corrected chi connectivity index (χ1v) is 5.21. The van der Waals surface area contributed by atoms with E-state index in [2.05, 4.69) is 27.3 Å². The molecule has 0 atom stereocenters. The van der Waals surface area contributed by atoms with Crippen LogP contribution in [0.2, 0.25) is 0 Å². The van der Waals surface area contributed by atoms with Crippen LogP contribution in [0.3, 0.4) is 0 Å². The van der Waals surface area contributed by atoms with E-state index in [9.17, 15) is 0 Å². The Morgan fingerprint density at radius 2 is 2.31 bits per heavy atom. The summed E-state index contributed by atoms with van der Waals surface area (Å²) in [5.74, 6) is 0.903. The van der Waals surface area contributed by atoms with E-state index in [-0.39, 0.29) is 0 Å². The van der Waals surface area contributed by atoms with Gasteiger partial charge < -0.3 is 10.1 Å². The number of halogens is 1. The Morgan fingerprint density at radius 3 is 3.08 bits per heavy atom. The summed E-state index contributed by atoms with van der Waals surface area (Å²) in [5, 5.41) is 3.37. The van der Waals surface area contributed by atoms with Crippen LogP contribution in [0.4, 0.5) is 5.69 Å². The van der Waals surface area contributed by atoms with Gasteiger partial charge in [0.05, 0.1) is 7.11 Å². The van der Waals surface area contributed by atoms with E-state index in [0.29, 0.717) is 0 Å². The molecule has 1 aromatic rings. The fourth-order valence-electron chi connectivity index (χ4n) is 1.63. The molecule has 0 fully saturated rings. The molecule has 2 rings (SSSR count). The van der Waals surface area contributed by atoms with Crippen molar-refractivity contribution in [2.75, 3.05) is 19.0 Å². The van der Waals surface area contributed by atoms with Crippen molar-refractivity contribution in [2.24, 2.45) is 0 Å². The smallest absolute Gasteiger partial charge is 0.122 e. The van der Waals surface area contributed by atoms with Gasteiger partial charge in [-0.1, -0.05) is 15.9 Å². The second-order valence-electron chi connectivity index (χ2n) is 3.17. The fraction of sp³-hybridized carbons (Fsp3) is 0.400. The largest absolute Gasteiger partial charge is 0.497 e. The van der Waals surface area contributed by atoms with Crippen LogP contribution in [0.1, 0.15) is 12.0 Å². The summed E-state index contributed by atoms with van der Waals surface area (Å²) in [6.07, 6.45) is 2.35. The van der Waals surface area contributed by atoms with Crippen LogP contribution < -0.4 is 10.1 Å². The molecular formula is C10H12BrNO. The van der Waals surface area contributed by atoms with Gasteiger partial charge in [-0.25, -0.2) is 0 Å². The van der Waals surface area contributed by atoms with Gasteiger partial charge in [0.1, 0.15) is 5.75 Å². The Bertz CT molecular complexity index is 325. The Hall–Kier alpha value is -0.700. The summed E-state index contributed by atoms with van der Waals surface area (Å²) < 4.78 is 6.34. The van der Waals surface area contributed by atoms with E-state index < -0.39 is 0 Å². The Labute approximate surface area is 86.4 Å². The summed E-state index contributed by atoms with van der Waals surface area (Å²) in [5.41, 5.74) is 2.57. The van der Waals surface area contributed by atoms with Gasteiger partial charge in [0.25, 0.3) is 0 Å². The number of benzene rings is 1. The molecule has 3 heteroatoms. The lowest BCUT2D eigenvalue weighted by atomic mass is 10.0. The highest BCUT2D eigenvalue weighted by Gasteiger charge is 2.12. The molecule has 2 nitrogen and oxygen atoms in total. The van der Waals surface area contributed by atoms with Crippen LogP contribution in [0.25, 0.3) is 0 Å². The first-order valence-electron chi connectivity index (χ1n) is 4.41. The second kappa shape index (κ2) is 3.58. The number of rotatable bonds is 1. The Balaban J connectivity index is 2.47. The van der Waals surface area contributed by atoms with Gasteiger partial charge in [0.2, 0.25) is 0 Å². The van der Waals surface area contributed by atoms with Crippen LogP contribution in [0, 0.1) is 0 Å². The second-order valence-corrected chi connectivity index (χ2v) is 4.02. The molecule has 1 N–H and O–H groups in total. The molecule has 0 saturated heterocycles. The molecule has 0 bridgehead atoms. The summed E-state index contributed by atoms with van der Waals surface area (Å²) in [4.78, 5) is 0. The van der Waals surface area contributed by atoms with E-state index in [1.54, 1.807) is 7.11 Å². The third kappa shape index (κ3) is 1.66. The minimum atomic E-state index is 0.903. The first kappa shape index (κ1) is 8.88. The third-order valence-electron chi connectivity index (χ3n) is 2.32. The molecule has 1 aromatic carbocycles. The Kier molecular flexibility index (Phi) is 2.44. The molecule has 0 radical (unpaired) electrons.